The van der Waals surface area contributed by atoms with Gasteiger partial charge in [0.2, 0.25) is 5.91 Å². The van der Waals surface area contributed by atoms with Crippen molar-refractivity contribution in [3.8, 4) is 0 Å². The number of imidazole rings is 1. The van der Waals surface area contributed by atoms with Crippen molar-refractivity contribution in [2.45, 2.75) is 84.1 Å². The van der Waals surface area contributed by atoms with Gasteiger partial charge in [-0.2, -0.15) is 0 Å². The lowest BCUT2D eigenvalue weighted by Crippen LogP contribution is -2.55. The van der Waals surface area contributed by atoms with Crippen LogP contribution in [0, 0.1) is 11.8 Å². The zero-order valence-electron chi connectivity index (χ0n) is 28.2. The van der Waals surface area contributed by atoms with Crippen molar-refractivity contribution >= 4 is 28.7 Å². The molecule has 0 radical (unpaired) electrons. The van der Waals surface area contributed by atoms with Crippen molar-refractivity contribution in [3.63, 3.8) is 0 Å². The quantitative estimate of drug-likeness (QED) is 0.117. The van der Waals surface area contributed by atoms with Crippen molar-refractivity contribution in [3.05, 3.63) is 102 Å². The SMILES string of the molecule is CC(C)CCC(O)CCC(C)CN(C(=O)OCc1ccccc1)C(=O)[C@H](Cc1cnc[nH]1)NC(=O)[C@@H](N)Cc1cccc2ccccc12. The topological polar surface area (TPSA) is 151 Å². The maximum absolute atomic E-state index is 14.3. The number of aromatic nitrogens is 2. The third-order valence-electron chi connectivity index (χ3n) is 8.51. The number of fused-ring (bicyclic) bond motifs is 1. The Balaban J connectivity index is 1.51. The number of rotatable bonds is 17. The molecule has 0 saturated heterocycles. The van der Waals surface area contributed by atoms with Gasteiger partial charge in [0.25, 0.3) is 5.91 Å². The average molecular weight is 656 g/mol. The van der Waals surface area contributed by atoms with Crippen LogP contribution in [-0.4, -0.2) is 62.6 Å². The summed E-state index contributed by atoms with van der Waals surface area (Å²) in [4.78, 5) is 49.5. The monoisotopic (exact) mass is 655 g/mol. The number of hydrogen-bond acceptors (Lipinski definition) is 7. The molecule has 0 aliphatic heterocycles. The van der Waals surface area contributed by atoms with Crippen LogP contribution in [0.15, 0.2) is 85.3 Å². The molecule has 2 unspecified atom stereocenters. The molecule has 4 atom stereocenters. The Morgan fingerprint density at radius 3 is 2.35 bits per heavy atom. The van der Waals surface area contributed by atoms with Crippen LogP contribution in [0.1, 0.15) is 63.3 Å². The van der Waals surface area contributed by atoms with Crippen molar-refractivity contribution < 1.29 is 24.2 Å². The number of nitrogens with zero attached hydrogens (tertiary/aromatic N) is 2. The van der Waals surface area contributed by atoms with Gasteiger partial charge in [0, 0.05) is 24.9 Å². The average Bonchev–Trinajstić information content (AvgIpc) is 3.61. The first kappa shape index (κ1) is 36.3. The van der Waals surface area contributed by atoms with E-state index in [1.807, 2.05) is 79.7 Å². The molecule has 3 aromatic carbocycles. The number of aliphatic hydroxyl groups is 1. The predicted molar refractivity (Wildman–Crippen MR) is 187 cm³/mol. The van der Waals surface area contributed by atoms with Crippen molar-refractivity contribution in [1.82, 2.24) is 20.2 Å². The third kappa shape index (κ3) is 11.0. The number of amides is 3. The summed E-state index contributed by atoms with van der Waals surface area (Å²) in [5.74, 6) is -0.768. The third-order valence-corrected chi connectivity index (χ3v) is 8.51. The van der Waals surface area contributed by atoms with Crippen LogP contribution in [0.3, 0.4) is 0 Å². The maximum Gasteiger partial charge on any atom is 0.416 e. The summed E-state index contributed by atoms with van der Waals surface area (Å²) in [5.41, 5.74) is 8.73. The van der Waals surface area contributed by atoms with Crippen LogP contribution >= 0.6 is 0 Å². The Hall–Kier alpha value is -4.54. The number of aliphatic hydroxyl groups excluding tert-OH is 1. The zero-order chi connectivity index (χ0) is 34.5. The number of carbonyl (C=O) groups excluding carboxylic acids is 3. The van der Waals surface area contributed by atoms with Gasteiger partial charge in [0.1, 0.15) is 12.6 Å². The van der Waals surface area contributed by atoms with E-state index in [9.17, 15) is 19.5 Å². The second-order valence-electron chi connectivity index (χ2n) is 13.1. The molecule has 10 nitrogen and oxygen atoms in total. The van der Waals surface area contributed by atoms with E-state index in [1.54, 1.807) is 6.20 Å². The molecule has 1 heterocycles. The highest BCUT2D eigenvalue weighted by Crippen LogP contribution is 2.20. The number of nitrogens with two attached hydrogens (primary N) is 1. The molecule has 4 aromatic rings. The second-order valence-corrected chi connectivity index (χ2v) is 13.1. The summed E-state index contributed by atoms with van der Waals surface area (Å²) in [6, 6.07) is 20.9. The van der Waals surface area contributed by atoms with E-state index in [-0.39, 0.29) is 31.9 Å². The van der Waals surface area contributed by atoms with Gasteiger partial charge < -0.3 is 25.9 Å². The Morgan fingerprint density at radius 2 is 1.62 bits per heavy atom. The molecule has 256 valence electrons. The van der Waals surface area contributed by atoms with E-state index in [1.165, 1.54) is 6.33 Å². The van der Waals surface area contributed by atoms with Crippen molar-refractivity contribution in [2.24, 2.45) is 17.6 Å². The van der Waals surface area contributed by atoms with Crippen LogP contribution in [0.2, 0.25) is 0 Å². The van der Waals surface area contributed by atoms with E-state index in [0.29, 0.717) is 30.9 Å². The number of aromatic amines is 1. The fourth-order valence-electron chi connectivity index (χ4n) is 5.68. The number of benzene rings is 3. The first-order valence-electron chi connectivity index (χ1n) is 16.8. The Bertz CT molecular complexity index is 1590. The minimum atomic E-state index is -1.12. The summed E-state index contributed by atoms with van der Waals surface area (Å²) in [5, 5.41) is 15.4. The molecular formula is C38H49N5O5. The van der Waals surface area contributed by atoms with Crippen LogP contribution in [0.25, 0.3) is 10.8 Å². The number of H-pyrrole nitrogens is 1. The molecule has 4 rings (SSSR count). The molecule has 0 aliphatic carbocycles. The molecular weight excluding hydrogens is 606 g/mol. The van der Waals surface area contributed by atoms with E-state index in [4.69, 9.17) is 10.5 Å². The van der Waals surface area contributed by atoms with Crippen molar-refractivity contribution in [1.29, 1.82) is 0 Å². The van der Waals surface area contributed by atoms with Gasteiger partial charge in [0.05, 0.1) is 18.5 Å². The minimum Gasteiger partial charge on any atom is -0.444 e. The second kappa shape index (κ2) is 18.1. The van der Waals surface area contributed by atoms with E-state index < -0.39 is 36.1 Å². The van der Waals surface area contributed by atoms with Crippen LogP contribution in [0.4, 0.5) is 4.79 Å². The van der Waals surface area contributed by atoms with Gasteiger partial charge in [-0.25, -0.2) is 14.7 Å². The Labute approximate surface area is 283 Å². The molecule has 0 aliphatic rings. The molecule has 0 bridgehead atoms. The molecule has 48 heavy (non-hydrogen) atoms. The lowest BCUT2D eigenvalue weighted by Gasteiger charge is -2.29. The highest BCUT2D eigenvalue weighted by Gasteiger charge is 2.34. The first-order valence-corrected chi connectivity index (χ1v) is 16.8. The fraction of sp³-hybridized carbons (Fsp3) is 0.421. The summed E-state index contributed by atoms with van der Waals surface area (Å²) < 4.78 is 5.62. The number of nitrogens with one attached hydrogen (secondary N) is 2. The van der Waals surface area contributed by atoms with Gasteiger partial charge in [-0.1, -0.05) is 93.6 Å². The molecule has 0 spiro atoms. The van der Waals surface area contributed by atoms with Crippen LogP contribution in [-0.2, 0) is 33.8 Å². The van der Waals surface area contributed by atoms with Gasteiger partial charge in [0.15, 0.2) is 0 Å². The van der Waals surface area contributed by atoms with Gasteiger partial charge in [-0.05, 0) is 65.8 Å². The molecule has 5 N–H and O–H groups in total. The lowest BCUT2D eigenvalue weighted by molar-refractivity contribution is -0.136. The number of hydrogen-bond donors (Lipinski definition) is 4. The lowest BCUT2D eigenvalue weighted by atomic mass is 9.97. The first-order chi connectivity index (χ1) is 23.1. The van der Waals surface area contributed by atoms with Gasteiger partial charge >= 0.3 is 6.09 Å². The minimum absolute atomic E-state index is 0.0147. The molecule has 3 amide bonds. The summed E-state index contributed by atoms with van der Waals surface area (Å²) in [6.45, 7) is 6.21. The standard InChI is InChI=1S/C38H49N5O5/c1-26(2)16-18-32(44)19-17-27(3)23-43(38(47)48-24-28-10-5-4-6-11-28)37(46)35(21-31-22-40-25-41-31)42-36(45)34(39)20-30-14-9-13-29-12-7-8-15-33(29)30/h4-15,22,25-27,32,34-35,44H,16-21,23-24,39H2,1-3H3,(H,40,41)(H,42,45)/t27?,32?,34-,35-/m0/s1. The Kier molecular flexibility index (Phi) is 13.7. The van der Waals surface area contributed by atoms with Crippen LogP contribution < -0.4 is 11.1 Å². The molecule has 0 fully saturated rings. The largest absolute Gasteiger partial charge is 0.444 e. The highest BCUT2D eigenvalue weighted by atomic mass is 16.6. The molecule has 1 aromatic heterocycles. The normalized spacial score (nSPS) is 13.9. The zero-order valence-corrected chi connectivity index (χ0v) is 28.2. The fourth-order valence-corrected chi connectivity index (χ4v) is 5.68. The number of ether oxygens (including phenoxy) is 1. The molecule has 0 saturated carbocycles. The van der Waals surface area contributed by atoms with E-state index in [0.717, 1.165) is 33.2 Å². The van der Waals surface area contributed by atoms with E-state index in [2.05, 4.69) is 29.1 Å². The van der Waals surface area contributed by atoms with Gasteiger partial charge in [-0.15, -0.1) is 0 Å². The number of imide groups is 1. The maximum atomic E-state index is 14.3. The summed E-state index contributed by atoms with van der Waals surface area (Å²) in [7, 11) is 0. The smallest absolute Gasteiger partial charge is 0.416 e. The predicted octanol–water partition coefficient (Wildman–Crippen LogP) is 5.54. The number of carbonyl (C=O) groups is 3. The van der Waals surface area contributed by atoms with E-state index >= 15 is 0 Å². The van der Waals surface area contributed by atoms with Crippen LogP contribution in [0.5, 0.6) is 0 Å². The van der Waals surface area contributed by atoms with Gasteiger partial charge in [-0.3, -0.25) is 9.59 Å². The highest BCUT2D eigenvalue weighted by molar-refractivity contribution is 5.98. The molecule has 10 heteroatoms. The van der Waals surface area contributed by atoms with Crippen molar-refractivity contribution in [2.75, 3.05) is 6.54 Å². The summed E-state index contributed by atoms with van der Waals surface area (Å²) >= 11 is 0. The Morgan fingerprint density at radius 1 is 0.917 bits per heavy atom. The summed E-state index contributed by atoms with van der Waals surface area (Å²) in [6.07, 6.45) is 4.89.